The number of H-pyrrole nitrogens is 2. The Hall–Kier alpha value is -3.23. The quantitative estimate of drug-likeness (QED) is 0.381. The van der Waals surface area contributed by atoms with Crippen LogP contribution in [0.25, 0.3) is 0 Å². The van der Waals surface area contributed by atoms with Crippen LogP contribution in [-0.2, 0) is 0 Å². The third-order valence-corrected chi connectivity index (χ3v) is 2.43. The summed E-state index contributed by atoms with van der Waals surface area (Å²) in [6, 6.07) is 0. The smallest absolute Gasteiger partial charge is 0.328 e. The Labute approximate surface area is 110 Å². The lowest BCUT2D eigenvalue weighted by Crippen LogP contribution is -2.34. The average molecular weight is 275 g/mol. The molecule has 0 atom stereocenters. The van der Waals surface area contributed by atoms with Crippen molar-refractivity contribution in [1.82, 2.24) is 15.3 Å². The van der Waals surface area contributed by atoms with Gasteiger partial charge in [-0.3, -0.25) is 30.4 Å². The Morgan fingerprint density at radius 3 is 2.45 bits per heavy atom. The molecule has 1 aliphatic carbocycles. The van der Waals surface area contributed by atoms with Crippen molar-refractivity contribution in [1.29, 1.82) is 10.8 Å². The predicted octanol–water partition coefficient (Wildman–Crippen LogP) is -1.01. The largest absolute Gasteiger partial charge is 0.494 e. The molecular weight excluding hydrogens is 266 g/mol. The average Bonchev–Trinajstić information content (AvgIpc) is 2.32. The molecule has 20 heavy (non-hydrogen) atoms. The monoisotopic (exact) mass is 275 g/mol. The number of amides is 1. The second-order valence-electron chi connectivity index (χ2n) is 3.85. The number of carbonyl (C=O) groups excluding carboxylic acids is 1. The van der Waals surface area contributed by atoms with Crippen LogP contribution >= 0.6 is 0 Å². The Kier molecular flexibility index (Phi) is 3.17. The van der Waals surface area contributed by atoms with Crippen LogP contribution in [0.5, 0.6) is 5.88 Å². The highest BCUT2D eigenvalue weighted by Gasteiger charge is 2.19. The molecule has 6 N–H and O–H groups in total. The first-order chi connectivity index (χ1) is 9.38. The summed E-state index contributed by atoms with van der Waals surface area (Å²) in [6.07, 6.45) is 3.89. The zero-order chi connectivity index (χ0) is 14.9. The molecule has 1 aromatic rings. The molecule has 1 aromatic heterocycles. The molecule has 0 radical (unpaired) electrons. The van der Waals surface area contributed by atoms with E-state index in [1.54, 1.807) is 0 Å². The molecule has 1 amide bonds. The minimum Gasteiger partial charge on any atom is -0.494 e. The van der Waals surface area contributed by atoms with Crippen molar-refractivity contribution in [2.24, 2.45) is 0 Å². The van der Waals surface area contributed by atoms with Gasteiger partial charge in [-0.25, -0.2) is 4.79 Å². The SMILES string of the molecule is N=C1C=CC(NC(=O)c2c(O)[nH]c(=O)[nH]c2=O)=CC1=N. The van der Waals surface area contributed by atoms with Gasteiger partial charge in [-0.05, 0) is 18.2 Å². The molecule has 1 aliphatic rings. The number of aromatic nitrogens is 2. The van der Waals surface area contributed by atoms with Crippen molar-refractivity contribution in [2.45, 2.75) is 0 Å². The maximum Gasteiger partial charge on any atom is 0.328 e. The highest BCUT2D eigenvalue weighted by atomic mass is 16.3. The van der Waals surface area contributed by atoms with E-state index in [1.807, 2.05) is 9.97 Å². The van der Waals surface area contributed by atoms with E-state index >= 15 is 0 Å². The van der Waals surface area contributed by atoms with Crippen LogP contribution in [0.4, 0.5) is 0 Å². The molecule has 0 saturated heterocycles. The summed E-state index contributed by atoms with van der Waals surface area (Å²) in [5, 5.41) is 26.4. The molecular formula is C11H9N5O4. The Balaban J connectivity index is 2.31. The number of carbonyl (C=O) groups is 1. The van der Waals surface area contributed by atoms with Gasteiger partial charge in [-0.2, -0.15) is 0 Å². The van der Waals surface area contributed by atoms with Gasteiger partial charge in [-0.15, -0.1) is 0 Å². The Bertz CT molecular complexity index is 796. The minimum atomic E-state index is -1.04. The summed E-state index contributed by atoms with van der Waals surface area (Å²) in [5.74, 6) is -1.79. The van der Waals surface area contributed by atoms with Crippen LogP contribution in [0, 0.1) is 10.8 Å². The maximum absolute atomic E-state index is 11.8. The van der Waals surface area contributed by atoms with E-state index in [2.05, 4.69) is 5.32 Å². The standard InChI is InChI=1S/C11H9N5O4/c12-5-2-1-4(3-6(5)13)14-8(17)7-9(18)15-11(20)16-10(7)19/h1-3,12-13H,(H,14,17)(H3,15,16,18,19,20). The fourth-order valence-electron chi connectivity index (χ4n) is 1.50. The highest BCUT2D eigenvalue weighted by Crippen LogP contribution is 2.07. The molecule has 0 unspecified atom stereocenters. The first-order valence-electron chi connectivity index (χ1n) is 5.32. The second kappa shape index (κ2) is 4.80. The summed E-state index contributed by atoms with van der Waals surface area (Å²) in [6.45, 7) is 0. The normalized spacial score (nSPS) is 14.1. The van der Waals surface area contributed by atoms with Gasteiger partial charge in [0.2, 0.25) is 5.88 Å². The molecule has 9 heteroatoms. The van der Waals surface area contributed by atoms with Crippen molar-refractivity contribution < 1.29 is 9.90 Å². The zero-order valence-electron chi connectivity index (χ0n) is 9.90. The fraction of sp³-hybridized carbons (Fsp3) is 0. The second-order valence-corrected chi connectivity index (χ2v) is 3.85. The molecule has 0 aromatic carbocycles. The van der Waals surface area contributed by atoms with Crippen molar-refractivity contribution in [3.63, 3.8) is 0 Å². The number of aromatic hydroxyl groups is 1. The number of rotatable bonds is 2. The van der Waals surface area contributed by atoms with E-state index in [0.717, 1.165) is 0 Å². The van der Waals surface area contributed by atoms with E-state index in [-0.39, 0.29) is 17.1 Å². The third kappa shape index (κ3) is 2.46. The molecule has 0 bridgehead atoms. The van der Waals surface area contributed by atoms with Crippen LogP contribution in [0.1, 0.15) is 10.4 Å². The van der Waals surface area contributed by atoms with E-state index in [0.29, 0.717) is 0 Å². The van der Waals surface area contributed by atoms with E-state index in [9.17, 15) is 19.5 Å². The van der Waals surface area contributed by atoms with Crippen molar-refractivity contribution >= 4 is 17.3 Å². The molecule has 1 heterocycles. The van der Waals surface area contributed by atoms with Gasteiger partial charge >= 0.3 is 5.69 Å². The number of allylic oxidation sites excluding steroid dienone is 3. The van der Waals surface area contributed by atoms with E-state index in [4.69, 9.17) is 10.8 Å². The van der Waals surface area contributed by atoms with Crippen LogP contribution in [0.3, 0.4) is 0 Å². The molecule has 0 aliphatic heterocycles. The van der Waals surface area contributed by atoms with Crippen LogP contribution in [0.2, 0.25) is 0 Å². The predicted molar refractivity (Wildman–Crippen MR) is 69.5 cm³/mol. The molecule has 102 valence electrons. The number of nitrogens with one attached hydrogen (secondary N) is 5. The fourth-order valence-corrected chi connectivity index (χ4v) is 1.50. The van der Waals surface area contributed by atoms with Gasteiger partial charge in [0, 0.05) is 5.70 Å². The van der Waals surface area contributed by atoms with Crippen molar-refractivity contribution in [3.05, 3.63) is 50.3 Å². The van der Waals surface area contributed by atoms with E-state index in [1.165, 1.54) is 18.2 Å². The van der Waals surface area contributed by atoms with Crippen LogP contribution < -0.4 is 16.6 Å². The van der Waals surface area contributed by atoms with E-state index < -0.39 is 28.6 Å². The molecule has 0 saturated carbocycles. The summed E-state index contributed by atoms with van der Waals surface area (Å²) >= 11 is 0. The highest BCUT2D eigenvalue weighted by molar-refractivity contribution is 6.49. The van der Waals surface area contributed by atoms with Crippen molar-refractivity contribution in [2.75, 3.05) is 0 Å². The minimum absolute atomic E-state index is 0.0206. The third-order valence-electron chi connectivity index (χ3n) is 2.43. The van der Waals surface area contributed by atoms with Gasteiger partial charge in [-0.1, -0.05) is 0 Å². The molecule has 9 nitrogen and oxygen atoms in total. The first kappa shape index (κ1) is 13.2. The van der Waals surface area contributed by atoms with Gasteiger partial charge < -0.3 is 10.4 Å². The Morgan fingerprint density at radius 2 is 1.85 bits per heavy atom. The lowest BCUT2D eigenvalue weighted by Gasteiger charge is -2.10. The summed E-state index contributed by atoms with van der Waals surface area (Å²) in [4.78, 5) is 37.9. The van der Waals surface area contributed by atoms with Crippen LogP contribution in [0.15, 0.2) is 33.5 Å². The molecule has 2 rings (SSSR count). The van der Waals surface area contributed by atoms with Gasteiger partial charge in [0.15, 0.2) is 5.56 Å². The lowest BCUT2D eigenvalue weighted by molar-refractivity contribution is 0.0962. The van der Waals surface area contributed by atoms with Gasteiger partial charge in [0.25, 0.3) is 11.5 Å². The first-order valence-corrected chi connectivity index (χ1v) is 5.32. The van der Waals surface area contributed by atoms with Crippen molar-refractivity contribution in [3.8, 4) is 5.88 Å². The Morgan fingerprint density at radius 1 is 1.15 bits per heavy atom. The van der Waals surface area contributed by atoms with Gasteiger partial charge in [0.05, 0.1) is 11.4 Å². The molecule has 0 spiro atoms. The topological polar surface area (TPSA) is 163 Å². The summed E-state index contributed by atoms with van der Waals surface area (Å²) in [7, 11) is 0. The molecule has 0 fully saturated rings. The number of hydrogen-bond acceptors (Lipinski definition) is 6. The summed E-state index contributed by atoms with van der Waals surface area (Å²) in [5.41, 5.74) is -2.56. The number of aromatic amines is 2. The summed E-state index contributed by atoms with van der Waals surface area (Å²) < 4.78 is 0. The number of hydrogen-bond donors (Lipinski definition) is 6. The zero-order valence-corrected chi connectivity index (χ0v) is 9.90. The van der Waals surface area contributed by atoms with Crippen LogP contribution in [-0.4, -0.2) is 32.4 Å². The maximum atomic E-state index is 11.8. The lowest BCUT2D eigenvalue weighted by atomic mass is 10.1. The van der Waals surface area contributed by atoms with Gasteiger partial charge in [0.1, 0.15) is 0 Å².